The lowest BCUT2D eigenvalue weighted by molar-refractivity contribution is 0.102. The molecule has 0 unspecified atom stereocenters. The summed E-state index contributed by atoms with van der Waals surface area (Å²) in [5.41, 5.74) is 2.25. The van der Waals surface area contributed by atoms with Crippen molar-refractivity contribution in [2.24, 2.45) is 0 Å². The Morgan fingerprint density at radius 1 is 0.926 bits per heavy atom. The lowest BCUT2D eigenvalue weighted by Crippen LogP contribution is -2.16. The number of benzene rings is 1. The molecule has 2 N–H and O–H groups in total. The summed E-state index contributed by atoms with van der Waals surface area (Å²) in [5.74, 6) is -0.294. The van der Waals surface area contributed by atoms with Crippen LogP contribution in [0.1, 0.15) is 21.7 Å². The second kappa shape index (κ2) is 7.50. The molecule has 0 atom stereocenters. The molecule has 9 heteroatoms. The first-order valence-corrected chi connectivity index (χ1v) is 9.48. The SMILES string of the molecule is Cc1cc(C)nc(NS(=O)(=O)c2ccc(NC(=O)c3ccncc3)cc2)n1. The highest BCUT2D eigenvalue weighted by Crippen LogP contribution is 2.17. The van der Waals surface area contributed by atoms with Crippen molar-refractivity contribution in [2.45, 2.75) is 18.7 Å². The Morgan fingerprint density at radius 2 is 1.52 bits per heavy atom. The number of hydrogen-bond donors (Lipinski definition) is 2. The molecule has 3 rings (SSSR count). The molecule has 0 aliphatic carbocycles. The first-order valence-electron chi connectivity index (χ1n) is 8.00. The van der Waals surface area contributed by atoms with E-state index in [4.69, 9.17) is 0 Å². The highest BCUT2D eigenvalue weighted by Gasteiger charge is 2.16. The van der Waals surface area contributed by atoms with Gasteiger partial charge in [0.05, 0.1) is 4.90 Å². The Kier molecular flexibility index (Phi) is 5.13. The first-order chi connectivity index (χ1) is 12.8. The number of hydrogen-bond acceptors (Lipinski definition) is 6. The Bertz CT molecular complexity index is 1050. The molecule has 1 aromatic carbocycles. The second-order valence-electron chi connectivity index (χ2n) is 5.79. The Morgan fingerprint density at radius 3 is 2.11 bits per heavy atom. The lowest BCUT2D eigenvalue weighted by Gasteiger charge is -2.09. The summed E-state index contributed by atoms with van der Waals surface area (Å²) in [6.45, 7) is 3.51. The minimum atomic E-state index is -3.84. The second-order valence-corrected chi connectivity index (χ2v) is 7.48. The summed E-state index contributed by atoms with van der Waals surface area (Å²) in [6.07, 6.45) is 3.04. The zero-order valence-electron chi connectivity index (χ0n) is 14.7. The average Bonchev–Trinajstić information content (AvgIpc) is 2.61. The number of carbonyl (C=O) groups is 1. The maximum Gasteiger partial charge on any atom is 0.264 e. The molecule has 0 aliphatic rings. The average molecular weight is 383 g/mol. The topological polar surface area (TPSA) is 114 Å². The van der Waals surface area contributed by atoms with Crippen LogP contribution in [0.3, 0.4) is 0 Å². The summed E-state index contributed by atoms with van der Waals surface area (Å²) in [7, 11) is -3.84. The number of nitrogens with zero attached hydrogens (tertiary/aromatic N) is 3. The Balaban J connectivity index is 1.75. The fraction of sp³-hybridized carbons (Fsp3) is 0.111. The number of aromatic nitrogens is 3. The van der Waals surface area contributed by atoms with E-state index in [2.05, 4.69) is 25.0 Å². The molecule has 3 aromatic rings. The van der Waals surface area contributed by atoms with Gasteiger partial charge < -0.3 is 5.32 Å². The van der Waals surface area contributed by atoms with Crippen LogP contribution in [0.2, 0.25) is 0 Å². The lowest BCUT2D eigenvalue weighted by atomic mass is 10.2. The molecular formula is C18H17N5O3S. The van der Waals surface area contributed by atoms with E-state index in [9.17, 15) is 13.2 Å². The number of pyridine rings is 1. The normalized spacial score (nSPS) is 11.0. The molecule has 0 fully saturated rings. The molecule has 0 bridgehead atoms. The maximum atomic E-state index is 12.5. The molecule has 8 nitrogen and oxygen atoms in total. The summed E-state index contributed by atoms with van der Waals surface area (Å²) < 4.78 is 27.3. The van der Waals surface area contributed by atoms with E-state index >= 15 is 0 Å². The van der Waals surface area contributed by atoms with Crippen LogP contribution < -0.4 is 10.0 Å². The van der Waals surface area contributed by atoms with Gasteiger partial charge in [0.1, 0.15) is 0 Å². The van der Waals surface area contributed by atoms with Gasteiger partial charge in [0.25, 0.3) is 15.9 Å². The smallest absolute Gasteiger partial charge is 0.264 e. The predicted octanol–water partition coefficient (Wildman–Crippen LogP) is 2.54. The van der Waals surface area contributed by atoms with Gasteiger partial charge in [0.15, 0.2) is 0 Å². The van der Waals surface area contributed by atoms with Crippen LogP contribution in [0, 0.1) is 13.8 Å². The fourth-order valence-corrected chi connectivity index (χ4v) is 3.32. The van der Waals surface area contributed by atoms with Gasteiger partial charge in [-0.05, 0) is 56.3 Å². The largest absolute Gasteiger partial charge is 0.322 e. The van der Waals surface area contributed by atoms with Gasteiger partial charge in [0, 0.05) is 35.0 Å². The minimum Gasteiger partial charge on any atom is -0.322 e. The molecule has 1 amide bonds. The first kappa shape index (κ1) is 18.5. The number of sulfonamides is 1. The Hall–Kier alpha value is -3.33. The summed E-state index contributed by atoms with van der Waals surface area (Å²) in [4.78, 5) is 24.1. The zero-order chi connectivity index (χ0) is 19.4. The molecule has 2 aromatic heterocycles. The van der Waals surface area contributed by atoms with E-state index in [1.807, 2.05) is 0 Å². The van der Waals surface area contributed by atoms with Crippen LogP contribution in [-0.4, -0.2) is 29.3 Å². The summed E-state index contributed by atoms with van der Waals surface area (Å²) in [5, 5.41) is 2.69. The molecule has 0 saturated carbocycles. The molecule has 0 aliphatic heterocycles. The monoisotopic (exact) mass is 383 g/mol. The quantitative estimate of drug-likeness (QED) is 0.700. The number of nitrogens with one attached hydrogen (secondary N) is 2. The minimum absolute atomic E-state index is 0.0163. The van der Waals surface area contributed by atoms with Gasteiger partial charge in [-0.3, -0.25) is 9.78 Å². The predicted molar refractivity (Wildman–Crippen MR) is 101 cm³/mol. The van der Waals surface area contributed by atoms with Crippen LogP contribution in [0.15, 0.2) is 59.8 Å². The van der Waals surface area contributed by atoms with Crippen molar-refractivity contribution >= 4 is 27.6 Å². The number of rotatable bonds is 5. The summed E-state index contributed by atoms with van der Waals surface area (Å²) in [6, 6.07) is 10.7. The number of aryl methyl sites for hydroxylation is 2. The van der Waals surface area contributed by atoms with Gasteiger partial charge in [-0.15, -0.1) is 0 Å². The van der Waals surface area contributed by atoms with Crippen LogP contribution in [0.5, 0.6) is 0 Å². The van der Waals surface area contributed by atoms with E-state index in [1.54, 1.807) is 32.0 Å². The van der Waals surface area contributed by atoms with Crippen molar-refractivity contribution in [1.82, 2.24) is 15.0 Å². The van der Waals surface area contributed by atoms with Gasteiger partial charge in [-0.1, -0.05) is 0 Å². The highest BCUT2D eigenvalue weighted by molar-refractivity contribution is 7.92. The van der Waals surface area contributed by atoms with E-state index in [0.717, 1.165) is 0 Å². The van der Waals surface area contributed by atoms with Crippen LogP contribution in [0.25, 0.3) is 0 Å². The zero-order valence-corrected chi connectivity index (χ0v) is 15.5. The Labute approximate surface area is 156 Å². The molecule has 27 heavy (non-hydrogen) atoms. The van der Waals surface area contributed by atoms with Crippen molar-refractivity contribution in [3.8, 4) is 0 Å². The van der Waals surface area contributed by atoms with E-state index in [1.165, 1.54) is 36.7 Å². The van der Waals surface area contributed by atoms with Crippen LogP contribution in [-0.2, 0) is 10.0 Å². The summed E-state index contributed by atoms with van der Waals surface area (Å²) >= 11 is 0. The van der Waals surface area contributed by atoms with Crippen molar-refractivity contribution in [2.75, 3.05) is 10.0 Å². The van der Waals surface area contributed by atoms with Crippen LogP contribution in [0.4, 0.5) is 11.6 Å². The highest BCUT2D eigenvalue weighted by atomic mass is 32.2. The molecule has 0 spiro atoms. The molecule has 0 saturated heterocycles. The van der Waals surface area contributed by atoms with E-state index in [0.29, 0.717) is 22.6 Å². The number of carbonyl (C=O) groups excluding carboxylic acids is 1. The standard InChI is InChI=1S/C18H17N5O3S/c1-12-11-13(2)21-18(20-12)23-27(25,26)16-5-3-15(4-6-16)22-17(24)14-7-9-19-10-8-14/h3-11H,1-2H3,(H,22,24)(H,20,21,23). The van der Waals surface area contributed by atoms with Gasteiger partial charge in [-0.25, -0.2) is 23.1 Å². The van der Waals surface area contributed by atoms with Gasteiger partial charge in [-0.2, -0.15) is 0 Å². The third kappa shape index (κ3) is 4.64. The molecular weight excluding hydrogens is 366 g/mol. The molecule has 0 radical (unpaired) electrons. The fourth-order valence-electron chi connectivity index (χ4n) is 2.37. The maximum absolute atomic E-state index is 12.5. The van der Waals surface area contributed by atoms with E-state index in [-0.39, 0.29) is 16.8 Å². The van der Waals surface area contributed by atoms with Crippen molar-refractivity contribution in [3.05, 3.63) is 71.8 Å². The molecule has 2 heterocycles. The van der Waals surface area contributed by atoms with Crippen molar-refractivity contribution in [3.63, 3.8) is 0 Å². The number of anilines is 2. The third-order valence-electron chi connectivity index (χ3n) is 3.57. The van der Waals surface area contributed by atoms with Crippen LogP contribution >= 0.6 is 0 Å². The van der Waals surface area contributed by atoms with Crippen molar-refractivity contribution in [1.29, 1.82) is 0 Å². The third-order valence-corrected chi connectivity index (χ3v) is 4.92. The molecule has 138 valence electrons. The number of amides is 1. The van der Waals surface area contributed by atoms with Gasteiger partial charge in [0.2, 0.25) is 5.95 Å². The van der Waals surface area contributed by atoms with E-state index < -0.39 is 10.0 Å². The van der Waals surface area contributed by atoms with Gasteiger partial charge >= 0.3 is 0 Å². The van der Waals surface area contributed by atoms with Crippen molar-refractivity contribution < 1.29 is 13.2 Å².